The molecule has 1 aromatic rings. The molecule has 1 N–H and O–H groups in total. The maximum atomic E-state index is 11.7. The standard InChI is InChI=1S/C15H20ClNO4/c1-10(2)4-5-17-14(19)9-21-15-12(16)6-11(8-18)7-13(15)20-3/h6-8,10H,4-5,9H2,1-3H3,(H,17,19). The lowest BCUT2D eigenvalue weighted by Crippen LogP contribution is -2.30. The summed E-state index contributed by atoms with van der Waals surface area (Å²) >= 11 is 6.03. The maximum Gasteiger partial charge on any atom is 0.257 e. The van der Waals surface area contributed by atoms with E-state index in [0.717, 1.165) is 6.42 Å². The Hall–Kier alpha value is -1.75. The lowest BCUT2D eigenvalue weighted by atomic mass is 10.1. The molecular weight excluding hydrogens is 294 g/mol. The van der Waals surface area contributed by atoms with Crippen molar-refractivity contribution in [1.82, 2.24) is 5.32 Å². The first-order valence-electron chi connectivity index (χ1n) is 6.70. The second kappa shape index (κ2) is 8.52. The molecule has 0 aromatic heterocycles. The van der Waals surface area contributed by atoms with E-state index in [1.165, 1.54) is 19.2 Å². The van der Waals surface area contributed by atoms with E-state index in [0.29, 0.717) is 30.1 Å². The fourth-order valence-corrected chi connectivity index (χ4v) is 1.91. The van der Waals surface area contributed by atoms with Crippen LogP contribution in [0.1, 0.15) is 30.6 Å². The third kappa shape index (κ3) is 5.63. The smallest absolute Gasteiger partial charge is 0.257 e. The zero-order valence-electron chi connectivity index (χ0n) is 12.4. The van der Waals surface area contributed by atoms with E-state index in [2.05, 4.69) is 19.2 Å². The molecule has 0 aliphatic heterocycles. The molecule has 1 rings (SSSR count). The molecule has 0 heterocycles. The largest absolute Gasteiger partial charge is 0.493 e. The number of carbonyl (C=O) groups excluding carboxylic acids is 2. The summed E-state index contributed by atoms with van der Waals surface area (Å²) in [6.07, 6.45) is 1.57. The molecule has 1 amide bonds. The van der Waals surface area contributed by atoms with Crippen molar-refractivity contribution >= 4 is 23.8 Å². The van der Waals surface area contributed by atoms with Gasteiger partial charge in [-0.1, -0.05) is 25.4 Å². The molecule has 0 bridgehead atoms. The Kier molecular flexibility index (Phi) is 7.02. The molecule has 0 atom stereocenters. The van der Waals surface area contributed by atoms with Crippen LogP contribution in [0.25, 0.3) is 0 Å². The van der Waals surface area contributed by atoms with E-state index < -0.39 is 0 Å². The highest BCUT2D eigenvalue weighted by molar-refractivity contribution is 6.32. The molecule has 1 aromatic carbocycles. The van der Waals surface area contributed by atoms with Gasteiger partial charge in [0.1, 0.15) is 6.29 Å². The number of rotatable bonds is 8. The van der Waals surface area contributed by atoms with Crippen molar-refractivity contribution in [2.24, 2.45) is 5.92 Å². The molecule has 116 valence electrons. The fraction of sp³-hybridized carbons (Fsp3) is 0.467. The van der Waals surface area contributed by atoms with Gasteiger partial charge in [-0.25, -0.2) is 0 Å². The van der Waals surface area contributed by atoms with Gasteiger partial charge in [-0.05, 0) is 24.5 Å². The van der Waals surface area contributed by atoms with Gasteiger partial charge in [0.2, 0.25) is 0 Å². The van der Waals surface area contributed by atoms with Gasteiger partial charge in [-0.15, -0.1) is 0 Å². The fourth-order valence-electron chi connectivity index (χ4n) is 1.64. The van der Waals surface area contributed by atoms with E-state index >= 15 is 0 Å². The molecule has 0 radical (unpaired) electrons. The molecule has 0 saturated heterocycles. The van der Waals surface area contributed by atoms with Crippen LogP contribution in [0.15, 0.2) is 12.1 Å². The summed E-state index contributed by atoms with van der Waals surface area (Å²) in [6.45, 7) is 4.62. The van der Waals surface area contributed by atoms with E-state index in [1.54, 1.807) is 0 Å². The first kappa shape index (κ1) is 17.3. The zero-order valence-corrected chi connectivity index (χ0v) is 13.2. The number of hydrogen-bond donors (Lipinski definition) is 1. The lowest BCUT2D eigenvalue weighted by Gasteiger charge is -2.13. The summed E-state index contributed by atoms with van der Waals surface area (Å²) in [4.78, 5) is 22.4. The first-order chi connectivity index (χ1) is 9.97. The minimum atomic E-state index is -0.228. The number of ether oxygens (including phenoxy) is 2. The average Bonchev–Trinajstić information content (AvgIpc) is 2.44. The van der Waals surface area contributed by atoms with Crippen LogP contribution in [0, 0.1) is 5.92 Å². The van der Waals surface area contributed by atoms with Crippen LogP contribution in [-0.4, -0.2) is 32.5 Å². The zero-order chi connectivity index (χ0) is 15.8. The average molecular weight is 314 g/mol. The first-order valence-corrected chi connectivity index (χ1v) is 7.08. The third-order valence-electron chi connectivity index (χ3n) is 2.78. The topological polar surface area (TPSA) is 64.6 Å². The molecule has 6 heteroatoms. The summed E-state index contributed by atoms with van der Waals surface area (Å²) in [5.41, 5.74) is 0.380. The van der Waals surface area contributed by atoms with Crippen LogP contribution >= 0.6 is 11.6 Å². The Labute approximate surface area is 129 Å². The van der Waals surface area contributed by atoms with E-state index in [-0.39, 0.29) is 23.3 Å². The van der Waals surface area contributed by atoms with Crippen LogP contribution in [0.3, 0.4) is 0 Å². The SMILES string of the molecule is COc1cc(C=O)cc(Cl)c1OCC(=O)NCCC(C)C. The summed E-state index contributed by atoms with van der Waals surface area (Å²) in [5, 5.41) is 2.99. The molecule has 0 spiro atoms. The van der Waals surface area contributed by atoms with Crippen molar-refractivity contribution in [2.75, 3.05) is 20.3 Å². The molecule has 0 fully saturated rings. The van der Waals surface area contributed by atoms with Crippen molar-refractivity contribution in [1.29, 1.82) is 0 Å². The van der Waals surface area contributed by atoms with Crippen LogP contribution in [0.5, 0.6) is 11.5 Å². The summed E-state index contributed by atoms with van der Waals surface area (Å²) in [5.74, 6) is 0.869. The van der Waals surface area contributed by atoms with Crippen molar-refractivity contribution in [3.8, 4) is 11.5 Å². The Morgan fingerprint density at radius 3 is 2.71 bits per heavy atom. The van der Waals surface area contributed by atoms with Crippen molar-refractivity contribution in [3.63, 3.8) is 0 Å². The van der Waals surface area contributed by atoms with Gasteiger partial charge in [-0.3, -0.25) is 9.59 Å². The number of halogens is 1. The Morgan fingerprint density at radius 2 is 2.14 bits per heavy atom. The van der Waals surface area contributed by atoms with Gasteiger partial charge in [0.05, 0.1) is 12.1 Å². The predicted octanol–water partition coefficient (Wildman–Crippen LogP) is 2.70. The molecule has 5 nitrogen and oxygen atoms in total. The number of amides is 1. The van der Waals surface area contributed by atoms with Gasteiger partial charge in [0, 0.05) is 12.1 Å². The monoisotopic (exact) mass is 313 g/mol. The number of benzene rings is 1. The van der Waals surface area contributed by atoms with E-state index in [1.807, 2.05) is 0 Å². The number of hydrogen-bond acceptors (Lipinski definition) is 4. The Balaban J connectivity index is 2.62. The highest BCUT2D eigenvalue weighted by atomic mass is 35.5. The third-order valence-corrected chi connectivity index (χ3v) is 3.06. The molecule has 21 heavy (non-hydrogen) atoms. The second-order valence-corrected chi connectivity index (χ2v) is 5.38. The molecule has 0 unspecified atom stereocenters. The van der Waals surface area contributed by atoms with Gasteiger partial charge in [-0.2, -0.15) is 0 Å². The Bertz CT molecular complexity index is 503. The van der Waals surface area contributed by atoms with E-state index in [9.17, 15) is 9.59 Å². The minimum Gasteiger partial charge on any atom is -0.493 e. The minimum absolute atomic E-state index is 0.158. The molecule has 0 saturated carbocycles. The quantitative estimate of drug-likeness (QED) is 0.749. The van der Waals surface area contributed by atoms with Crippen LogP contribution in [0.2, 0.25) is 5.02 Å². The second-order valence-electron chi connectivity index (χ2n) is 4.97. The normalized spacial score (nSPS) is 10.3. The molecule has 0 aliphatic rings. The van der Waals surface area contributed by atoms with E-state index in [4.69, 9.17) is 21.1 Å². The number of aldehydes is 1. The highest BCUT2D eigenvalue weighted by Gasteiger charge is 2.13. The summed E-state index contributed by atoms with van der Waals surface area (Å²) in [6, 6.07) is 2.97. The van der Waals surface area contributed by atoms with Crippen molar-refractivity contribution in [3.05, 3.63) is 22.7 Å². The van der Waals surface area contributed by atoms with Crippen LogP contribution in [0.4, 0.5) is 0 Å². The molecule has 0 aliphatic carbocycles. The van der Waals surface area contributed by atoms with Gasteiger partial charge in [0.25, 0.3) is 5.91 Å². The van der Waals surface area contributed by atoms with Gasteiger partial charge in [0.15, 0.2) is 18.1 Å². The lowest BCUT2D eigenvalue weighted by molar-refractivity contribution is -0.123. The van der Waals surface area contributed by atoms with Gasteiger partial charge >= 0.3 is 0 Å². The summed E-state index contributed by atoms with van der Waals surface area (Å²) < 4.78 is 10.5. The highest BCUT2D eigenvalue weighted by Crippen LogP contribution is 2.35. The molecular formula is C15H20ClNO4. The Morgan fingerprint density at radius 1 is 1.43 bits per heavy atom. The number of methoxy groups -OCH3 is 1. The van der Waals surface area contributed by atoms with Crippen LogP contribution < -0.4 is 14.8 Å². The van der Waals surface area contributed by atoms with Crippen molar-refractivity contribution in [2.45, 2.75) is 20.3 Å². The summed E-state index contributed by atoms with van der Waals surface area (Å²) in [7, 11) is 1.44. The maximum absolute atomic E-state index is 11.7. The van der Waals surface area contributed by atoms with Gasteiger partial charge < -0.3 is 14.8 Å². The number of carbonyl (C=O) groups is 2. The predicted molar refractivity (Wildman–Crippen MR) is 81.4 cm³/mol. The van der Waals surface area contributed by atoms with Crippen LogP contribution in [-0.2, 0) is 4.79 Å². The number of nitrogens with one attached hydrogen (secondary N) is 1. The van der Waals surface area contributed by atoms with Crippen molar-refractivity contribution < 1.29 is 19.1 Å².